The minimum atomic E-state index is -0.963. The fourth-order valence-electron chi connectivity index (χ4n) is 1.08. The smallest absolute Gasteiger partial charge is 0.331 e. The van der Waals surface area contributed by atoms with Gasteiger partial charge in [-0.2, -0.15) is 0 Å². The highest BCUT2D eigenvalue weighted by Gasteiger charge is 1.99. The molecule has 15 heavy (non-hydrogen) atoms. The minimum Gasteiger partial charge on any atom is -0.478 e. The molecule has 1 N–H and O–H groups in total. The minimum absolute atomic E-state index is 0.121. The molecule has 1 aromatic heterocycles. The summed E-state index contributed by atoms with van der Waals surface area (Å²) in [5.41, 5.74) is 1.02. The summed E-state index contributed by atoms with van der Waals surface area (Å²) in [6, 6.07) is 3.33. The molecule has 0 spiro atoms. The Bertz CT molecular complexity index is 457. The molecule has 1 aromatic rings. The van der Waals surface area contributed by atoms with Gasteiger partial charge in [-0.3, -0.25) is 4.79 Å². The lowest BCUT2D eigenvalue weighted by molar-refractivity contribution is -0.132. The number of carboxylic acids is 1. The van der Waals surface area contributed by atoms with Crippen molar-refractivity contribution in [3.8, 4) is 0 Å². The van der Waals surface area contributed by atoms with Crippen LogP contribution in [-0.4, -0.2) is 15.6 Å². The van der Waals surface area contributed by atoms with Crippen molar-refractivity contribution in [3.05, 3.63) is 45.9 Å². The van der Waals surface area contributed by atoms with Crippen LogP contribution in [0.15, 0.2) is 34.8 Å². The molecule has 0 atom stereocenters. The van der Waals surface area contributed by atoms with Gasteiger partial charge in [-0.1, -0.05) is 6.08 Å². The molecule has 0 unspecified atom stereocenters. The zero-order valence-corrected chi connectivity index (χ0v) is 8.73. The van der Waals surface area contributed by atoms with Crippen LogP contribution in [0.1, 0.15) is 12.5 Å². The Morgan fingerprint density at radius 3 is 2.80 bits per heavy atom. The number of nitrogens with zero attached hydrogens (tertiary/aromatic N) is 1. The van der Waals surface area contributed by atoms with Crippen molar-refractivity contribution in [1.82, 2.24) is 4.57 Å². The molecule has 1 heterocycles. The van der Waals surface area contributed by atoms with E-state index in [0.29, 0.717) is 0 Å². The van der Waals surface area contributed by atoms with Crippen molar-refractivity contribution in [2.24, 2.45) is 0 Å². The standard InChI is InChI=1S/C11H13NO3/c1-8-3-5-12(10(13)7-8)6-4-9(2)11(14)15/h3-5,7H,6H2,1-2H3,(H,14,15). The van der Waals surface area contributed by atoms with E-state index in [1.807, 2.05) is 13.0 Å². The molecule has 0 aliphatic carbocycles. The van der Waals surface area contributed by atoms with Crippen molar-refractivity contribution in [1.29, 1.82) is 0 Å². The Balaban J connectivity index is 2.87. The third-order valence-electron chi connectivity index (χ3n) is 2.08. The van der Waals surface area contributed by atoms with Gasteiger partial charge in [-0.05, 0) is 25.5 Å². The second kappa shape index (κ2) is 4.59. The summed E-state index contributed by atoms with van der Waals surface area (Å²) in [4.78, 5) is 21.9. The number of aromatic nitrogens is 1. The van der Waals surface area contributed by atoms with Crippen molar-refractivity contribution < 1.29 is 9.90 Å². The molecular formula is C11H13NO3. The zero-order valence-electron chi connectivity index (χ0n) is 8.73. The summed E-state index contributed by atoms with van der Waals surface area (Å²) in [6.45, 7) is 3.63. The van der Waals surface area contributed by atoms with E-state index >= 15 is 0 Å². The first-order valence-electron chi connectivity index (χ1n) is 4.58. The Hall–Kier alpha value is -1.84. The number of carboxylic acid groups (broad SMARTS) is 1. The van der Waals surface area contributed by atoms with E-state index in [1.54, 1.807) is 6.20 Å². The summed E-state index contributed by atoms with van der Waals surface area (Å²) >= 11 is 0. The van der Waals surface area contributed by atoms with E-state index in [4.69, 9.17) is 5.11 Å². The van der Waals surface area contributed by atoms with Crippen molar-refractivity contribution in [2.45, 2.75) is 20.4 Å². The van der Waals surface area contributed by atoms with Gasteiger partial charge in [-0.15, -0.1) is 0 Å². The molecule has 0 fully saturated rings. The monoisotopic (exact) mass is 207 g/mol. The fraction of sp³-hybridized carbons (Fsp3) is 0.273. The van der Waals surface area contributed by atoms with Gasteiger partial charge in [0.05, 0.1) is 0 Å². The number of aryl methyl sites for hydroxylation is 1. The van der Waals surface area contributed by atoms with E-state index in [-0.39, 0.29) is 17.7 Å². The lowest BCUT2D eigenvalue weighted by Crippen LogP contribution is -2.18. The van der Waals surface area contributed by atoms with Crippen LogP contribution in [0.25, 0.3) is 0 Å². The molecule has 0 saturated carbocycles. The number of allylic oxidation sites excluding steroid dienone is 1. The molecule has 0 amide bonds. The summed E-state index contributed by atoms with van der Waals surface area (Å²) in [5, 5.41) is 8.62. The maximum Gasteiger partial charge on any atom is 0.331 e. The van der Waals surface area contributed by atoms with E-state index in [1.165, 1.54) is 23.6 Å². The molecule has 80 valence electrons. The second-order valence-corrected chi connectivity index (χ2v) is 3.39. The Morgan fingerprint density at radius 1 is 1.60 bits per heavy atom. The Kier molecular flexibility index (Phi) is 3.44. The van der Waals surface area contributed by atoms with Crippen LogP contribution in [0.2, 0.25) is 0 Å². The maximum atomic E-state index is 11.4. The van der Waals surface area contributed by atoms with Crippen LogP contribution < -0.4 is 5.56 Å². The first-order chi connectivity index (χ1) is 7.00. The van der Waals surface area contributed by atoms with Crippen LogP contribution in [0.4, 0.5) is 0 Å². The Labute approximate surface area is 87.5 Å². The predicted octanol–water partition coefficient (Wildman–Crippen LogP) is 1.19. The lowest BCUT2D eigenvalue weighted by Gasteiger charge is -2.02. The number of carbonyl (C=O) groups is 1. The molecular weight excluding hydrogens is 194 g/mol. The first-order valence-corrected chi connectivity index (χ1v) is 4.58. The second-order valence-electron chi connectivity index (χ2n) is 3.39. The van der Waals surface area contributed by atoms with E-state index < -0.39 is 5.97 Å². The SMILES string of the molecule is CC(=CCn1ccc(C)cc1=O)C(=O)O. The van der Waals surface area contributed by atoms with Crippen LogP contribution >= 0.6 is 0 Å². The van der Waals surface area contributed by atoms with Gasteiger partial charge in [0.15, 0.2) is 0 Å². The first kappa shape index (κ1) is 11.2. The van der Waals surface area contributed by atoms with Crippen molar-refractivity contribution in [2.75, 3.05) is 0 Å². The molecule has 0 aliphatic rings. The van der Waals surface area contributed by atoms with Crippen molar-refractivity contribution >= 4 is 5.97 Å². The number of hydrogen-bond acceptors (Lipinski definition) is 2. The van der Waals surface area contributed by atoms with E-state index in [2.05, 4.69) is 0 Å². The molecule has 0 aromatic carbocycles. The van der Waals surface area contributed by atoms with Gasteiger partial charge in [0, 0.05) is 24.4 Å². The molecule has 1 rings (SSSR count). The van der Waals surface area contributed by atoms with Crippen LogP contribution in [-0.2, 0) is 11.3 Å². The van der Waals surface area contributed by atoms with E-state index in [0.717, 1.165) is 5.56 Å². The average molecular weight is 207 g/mol. The quantitative estimate of drug-likeness (QED) is 0.757. The third-order valence-corrected chi connectivity index (χ3v) is 2.08. The van der Waals surface area contributed by atoms with Gasteiger partial charge in [0.25, 0.3) is 5.56 Å². The topological polar surface area (TPSA) is 59.3 Å². The normalized spacial score (nSPS) is 11.5. The summed E-state index contributed by atoms with van der Waals surface area (Å²) in [6.07, 6.45) is 3.17. The van der Waals surface area contributed by atoms with Crippen LogP contribution in [0.5, 0.6) is 0 Å². The highest BCUT2D eigenvalue weighted by atomic mass is 16.4. The highest BCUT2D eigenvalue weighted by molar-refractivity contribution is 5.85. The van der Waals surface area contributed by atoms with Crippen LogP contribution in [0.3, 0.4) is 0 Å². The fourth-order valence-corrected chi connectivity index (χ4v) is 1.08. The summed E-state index contributed by atoms with van der Waals surface area (Å²) < 4.78 is 1.46. The summed E-state index contributed by atoms with van der Waals surface area (Å²) in [5.74, 6) is -0.963. The molecule has 0 aliphatic heterocycles. The molecule has 4 heteroatoms. The average Bonchev–Trinajstić information content (AvgIpc) is 2.15. The van der Waals surface area contributed by atoms with Gasteiger partial charge in [0.2, 0.25) is 0 Å². The molecule has 0 saturated heterocycles. The predicted molar refractivity (Wildman–Crippen MR) is 56.8 cm³/mol. The summed E-state index contributed by atoms with van der Waals surface area (Å²) in [7, 11) is 0. The number of hydrogen-bond donors (Lipinski definition) is 1. The highest BCUT2D eigenvalue weighted by Crippen LogP contribution is 1.95. The molecule has 4 nitrogen and oxygen atoms in total. The largest absolute Gasteiger partial charge is 0.478 e. The van der Waals surface area contributed by atoms with Crippen LogP contribution in [0, 0.1) is 6.92 Å². The van der Waals surface area contributed by atoms with Gasteiger partial charge >= 0.3 is 5.97 Å². The van der Waals surface area contributed by atoms with Gasteiger partial charge < -0.3 is 9.67 Å². The zero-order chi connectivity index (χ0) is 11.4. The lowest BCUT2D eigenvalue weighted by atomic mass is 10.2. The molecule has 0 bridgehead atoms. The molecule has 0 radical (unpaired) electrons. The third kappa shape index (κ3) is 3.09. The number of rotatable bonds is 3. The Morgan fingerprint density at radius 2 is 2.27 bits per heavy atom. The maximum absolute atomic E-state index is 11.4. The van der Waals surface area contributed by atoms with Gasteiger partial charge in [0.1, 0.15) is 0 Å². The van der Waals surface area contributed by atoms with Crippen molar-refractivity contribution in [3.63, 3.8) is 0 Å². The number of pyridine rings is 1. The van der Waals surface area contributed by atoms with E-state index in [9.17, 15) is 9.59 Å². The van der Waals surface area contributed by atoms with Gasteiger partial charge in [-0.25, -0.2) is 4.79 Å². The number of aliphatic carboxylic acids is 1.